The van der Waals surface area contributed by atoms with E-state index in [-0.39, 0.29) is 5.78 Å². The predicted octanol–water partition coefficient (Wildman–Crippen LogP) is 1.49. The van der Waals surface area contributed by atoms with Gasteiger partial charge in [0.25, 0.3) is 0 Å². The number of anilines is 1. The lowest BCUT2D eigenvalue weighted by molar-refractivity contribution is 0.0989. The third-order valence-electron chi connectivity index (χ3n) is 2.24. The Bertz CT molecular complexity index is 352. The van der Waals surface area contributed by atoms with Gasteiger partial charge >= 0.3 is 0 Å². The van der Waals surface area contributed by atoms with Gasteiger partial charge < -0.3 is 10.5 Å². The minimum atomic E-state index is 0.0981. The lowest BCUT2D eigenvalue weighted by Gasteiger charge is -2.10. The maximum absolute atomic E-state index is 11.6. The molecule has 0 saturated carbocycles. The molecule has 0 heterocycles. The Morgan fingerprint density at radius 3 is 2.73 bits per heavy atom. The minimum Gasteiger partial charge on any atom is -0.437 e. The summed E-state index contributed by atoms with van der Waals surface area (Å²) in [5.74, 6) is 0.0981. The molecule has 3 nitrogen and oxygen atoms in total. The van der Waals surface area contributed by atoms with Gasteiger partial charge in [-0.2, -0.15) is 0 Å². The van der Waals surface area contributed by atoms with Gasteiger partial charge in [0, 0.05) is 24.2 Å². The highest BCUT2D eigenvalue weighted by atomic mass is 16.1. The summed E-state index contributed by atoms with van der Waals surface area (Å²) in [5, 5.41) is 5.58. The summed E-state index contributed by atoms with van der Waals surface area (Å²) in [5.41, 5.74) is 2.42. The second-order valence-electron chi connectivity index (χ2n) is 3.33. The van der Waals surface area contributed by atoms with E-state index in [0.29, 0.717) is 17.7 Å². The quantitative estimate of drug-likeness (QED) is 0.561. The van der Waals surface area contributed by atoms with Crippen molar-refractivity contribution in [1.82, 2.24) is 5.32 Å². The molecule has 1 aromatic rings. The van der Waals surface area contributed by atoms with Crippen molar-refractivity contribution in [3.8, 4) is 0 Å². The molecule has 0 aliphatic carbocycles. The molecule has 0 fully saturated rings. The van der Waals surface area contributed by atoms with E-state index >= 15 is 0 Å². The standard InChI is InChI=1S/C11H15BN2O/c1-3-11(15)9-6-8(7-13-2)4-5-10(9)14-12/h4-6,13-14H,3,7H2,1-2H3. The van der Waals surface area contributed by atoms with Crippen LogP contribution in [-0.2, 0) is 6.54 Å². The summed E-state index contributed by atoms with van der Waals surface area (Å²) in [7, 11) is 7.22. The van der Waals surface area contributed by atoms with Crippen LogP contribution in [0.15, 0.2) is 18.2 Å². The van der Waals surface area contributed by atoms with Crippen LogP contribution in [0.4, 0.5) is 5.69 Å². The maximum atomic E-state index is 11.6. The van der Waals surface area contributed by atoms with E-state index in [1.807, 2.05) is 32.2 Å². The number of benzene rings is 1. The molecule has 0 aliphatic rings. The van der Waals surface area contributed by atoms with Crippen molar-refractivity contribution >= 4 is 19.5 Å². The summed E-state index contributed by atoms with van der Waals surface area (Å²) in [6, 6.07) is 5.64. The topological polar surface area (TPSA) is 41.1 Å². The third-order valence-corrected chi connectivity index (χ3v) is 2.24. The number of hydrogen-bond donors (Lipinski definition) is 2. The van der Waals surface area contributed by atoms with Crippen LogP contribution in [0.1, 0.15) is 29.3 Å². The maximum Gasteiger partial charge on any atom is 0.222 e. The van der Waals surface area contributed by atoms with Crippen LogP contribution in [0.5, 0.6) is 0 Å². The molecule has 15 heavy (non-hydrogen) atoms. The second kappa shape index (κ2) is 5.56. The first-order valence-corrected chi connectivity index (χ1v) is 5.00. The van der Waals surface area contributed by atoms with Crippen molar-refractivity contribution in [2.45, 2.75) is 19.9 Å². The predicted molar refractivity (Wildman–Crippen MR) is 63.2 cm³/mol. The molecule has 0 spiro atoms. The molecule has 78 valence electrons. The van der Waals surface area contributed by atoms with Crippen LogP contribution in [0.2, 0.25) is 0 Å². The molecule has 2 radical (unpaired) electrons. The molecule has 4 heteroatoms. The van der Waals surface area contributed by atoms with Crippen LogP contribution in [0.25, 0.3) is 0 Å². The summed E-state index contributed by atoms with van der Waals surface area (Å²) in [4.78, 5) is 11.6. The van der Waals surface area contributed by atoms with E-state index in [4.69, 9.17) is 7.98 Å². The number of hydrogen-bond acceptors (Lipinski definition) is 3. The molecule has 2 N–H and O–H groups in total. The fourth-order valence-electron chi connectivity index (χ4n) is 1.45. The zero-order valence-electron chi connectivity index (χ0n) is 9.13. The van der Waals surface area contributed by atoms with E-state index in [1.54, 1.807) is 0 Å². The lowest BCUT2D eigenvalue weighted by atomic mass is 10.0. The van der Waals surface area contributed by atoms with Crippen molar-refractivity contribution in [2.75, 3.05) is 12.3 Å². The molecule has 0 bridgehead atoms. The third kappa shape index (κ3) is 2.83. The highest BCUT2D eigenvalue weighted by Crippen LogP contribution is 2.18. The molecule has 0 amide bonds. The van der Waals surface area contributed by atoms with Crippen LogP contribution in [0.3, 0.4) is 0 Å². The second-order valence-corrected chi connectivity index (χ2v) is 3.33. The minimum absolute atomic E-state index is 0.0981. The van der Waals surface area contributed by atoms with Gasteiger partial charge in [0.1, 0.15) is 0 Å². The Hall–Kier alpha value is -1.29. The average molecular weight is 202 g/mol. The number of rotatable bonds is 5. The van der Waals surface area contributed by atoms with Crippen LogP contribution in [-0.4, -0.2) is 20.8 Å². The Morgan fingerprint density at radius 1 is 1.47 bits per heavy atom. The average Bonchev–Trinajstić information content (AvgIpc) is 2.28. The van der Waals surface area contributed by atoms with Gasteiger partial charge in [0.2, 0.25) is 7.98 Å². The zero-order valence-corrected chi connectivity index (χ0v) is 9.13. The van der Waals surface area contributed by atoms with E-state index in [9.17, 15) is 4.79 Å². The van der Waals surface area contributed by atoms with Gasteiger partial charge in [-0.05, 0) is 24.7 Å². The van der Waals surface area contributed by atoms with Crippen LogP contribution >= 0.6 is 0 Å². The number of ketones is 1. The Balaban J connectivity index is 3.07. The van der Waals surface area contributed by atoms with E-state index in [2.05, 4.69) is 10.5 Å². The summed E-state index contributed by atoms with van der Waals surface area (Å²) in [6.45, 7) is 2.59. The van der Waals surface area contributed by atoms with Gasteiger partial charge in [-0.25, -0.2) is 0 Å². The largest absolute Gasteiger partial charge is 0.437 e. The lowest BCUT2D eigenvalue weighted by Crippen LogP contribution is -2.08. The number of carbonyl (C=O) groups is 1. The smallest absolute Gasteiger partial charge is 0.222 e. The fraction of sp³-hybridized carbons (Fsp3) is 0.364. The normalized spacial score (nSPS) is 10.0. The number of nitrogens with one attached hydrogen (secondary N) is 2. The first-order chi connectivity index (χ1) is 7.22. The highest BCUT2D eigenvalue weighted by molar-refractivity contribution is 6.18. The van der Waals surface area contributed by atoms with Gasteiger partial charge in [-0.15, -0.1) is 0 Å². The Kier molecular flexibility index (Phi) is 4.37. The molecule has 1 rings (SSSR count). The number of carbonyl (C=O) groups excluding carboxylic acids is 1. The molecular formula is C11H15BN2O. The first-order valence-electron chi connectivity index (χ1n) is 5.00. The van der Waals surface area contributed by atoms with Gasteiger partial charge in [0.15, 0.2) is 5.78 Å². The monoisotopic (exact) mass is 202 g/mol. The SMILES string of the molecule is [B]Nc1ccc(CNC)cc1C(=O)CC. The molecule has 0 atom stereocenters. The van der Waals surface area contributed by atoms with Crippen molar-refractivity contribution in [3.63, 3.8) is 0 Å². The molecule has 0 aromatic heterocycles. The van der Waals surface area contributed by atoms with Crippen molar-refractivity contribution in [1.29, 1.82) is 0 Å². The zero-order chi connectivity index (χ0) is 11.3. The molecule has 0 saturated heterocycles. The molecule has 0 aliphatic heterocycles. The highest BCUT2D eigenvalue weighted by Gasteiger charge is 2.09. The summed E-state index contributed by atoms with van der Waals surface area (Å²) in [6.07, 6.45) is 0.484. The molecule has 1 aromatic carbocycles. The summed E-state index contributed by atoms with van der Waals surface area (Å²) < 4.78 is 0. The molecule has 0 unspecified atom stereocenters. The fourth-order valence-corrected chi connectivity index (χ4v) is 1.45. The summed E-state index contributed by atoms with van der Waals surface area (Å²) >= 11 is 0. The van der Waals surface area contributed by atoms with E-state index < -0.39 is 0 Å². The van der Waals surface area contributed by atoms with E-state index in [0.717, 1.165) is 12.1 Å². The van der Waals surface area contributed by atoms with Crippen molar-refractivity contribution in [2.24, 2.45) is 0 Å². The Morgan fingerprint density at radius 2 is 2.20 bits per heavy atom. The van der Waals surface area contributed by atoms with Gasteiger partial charge in [-0.1, -0.05) is 13.0 Å². The van der Waals surface area contributed by atoms with Gasteiger partial charge in [-0.3, -0.25) is 4.79 Å². The first kappa shape index (κ1) is 11.8. The van der Waals surface area contributed by atoms with Crippen molar-refractivity contribution < 1.29 is 4.79 Å². The molecular weight excluding hydrogens is 187 g/mol. The Labute approximate surface area is 91.7 Å². The van der Waals surface area contributed by atoms with Crippen molar-refractivity contribution in [3.05, 3.63) is 29.3 Å². The van der Waals surface area contributed by atoms with Gasteiger partial charge in [0.05, 0.1) is 0 Å². The van der Waals surface area contributed by atoms with Crippen LogP contribution < -0.4 is 10.5 Å². The number of Topliss-reactive ketones (excluding diaryl/α,β-unsaturated/α-hetero) is 1. The van der Waals surface area contributed by atoms with E-state index in [1.165, 1.54) is 0 Å². The van der Waals surface area contributed by atoms with Crippen LogP contribution in [0, 0.1) is 0 Å².